The molecule has 1 aromatic heterocycles. The van der Waals surface area contributed by atoms with Crippen molar-refractivity contribution in [2.24, 2.45) is 0 Å². The van der Waals surface area contributed by atoms with Gasteiger partial charge in [-0.15, -0.1) is 5.10 Å². The number of aromatic nitrogens is 3. The number of aryl methyl sites for hydroxylation is 2. The summed E-state index contributed by atoms with van der Waals surface area (Å²) >= 11 is 0. The van der Waals surface area contributed by atoms with Crippen molar-refractivity contribution in [3.05, 3.63) is 47.3 Å². The molecule has 4 heteroatoms. The van der Waals surface area contributed by atoms with E-state index in [-0.39, 0.29) is 6.04 Å². The summed E-state index contributed by atoms with van der Waals surface area (Å²) in [6.45, 7) is 5.00. The van der Waals surface area contributed by atoms with Gasteiger partial charge in [-0.05, 0) is 26.5 Å². The smallest absolute Gasteiger partial charge is 0.0801 e. The summed E-state index contributed by atoms with van der Waals surface area (Å²) in [7, 11) is 1.96. The van der Waals surface area contributed by atoms with Gasteiger partial charge in [-0.1, -0.05) is 35.0 Å². The Labute approximate surface area is 102 Å². The summed E-state index contributed by atoms with van der Waals surface area (Å²) in [6.07, 6.45) is 1.82. The van der Waals surface area contributed by atoms with Gasteiger partial charge in [0.05, 0.1) is 17.9 Å². The fraction of sp³-hybridized carbons (Fsp3) is 0.385. The fourth-order valence-corrected chi connectivity index (χ4v) is 1.98. The molecule has 0 aliphatic carbocycles. The first-order valence-corrected chi connectivity index (χ1v) is 5.88. The third-order valence-corrected chi connectivity index (χ3v) is 2.94. The van der Waals surface area contributed by atoms with Gasteiger partial charge in [-0.25, -0.2) is 4.68 Å². The van der Waals surface area contributed by atoms with Crippen LogP contribution in [0.5, 0.6) is 0 Å². The normalized spacial score (nSPS) is 12.6. The van der Waals surface area contributed by atoms with Crippen molar-refractivity contribution in [2.75, 3.05) is 7.05 Å². The first kappa shape index (κ1) is 11.8. The van der Waals surface area contributed by atoms with Gasteiger partial charge in [-0.3, -0.25) is 0 Å². The predicted molar refractivity (Wildman–Crippen MR) is 67.8 cm³/mol. The molecule has 0 amide bonds. The van der Waals surface area contributed by atoms with Gasteiger partial charge in [-0.2, -0.15) is 0 Å². The molecule has 0 bridgehead atoms. The van der Waals surface area contributed by atoms with Crippen LogP contribution in [-0.4, -0.2) is 22.0 Å². The van der Waals surface area contributed by atoms with Crippen LogP contribution in [-0.2, 0) is 6.54 Å². The van der Waals surface area contributed by atoms with Crippen molar-refractivity contribution in [3.63, 3.8) is 0 Å². The Bertz CT molecular complexity index is 472. The largest absolute Gasteiger partial charge is 0.308 e. The minimum atomic E-state index is 0.144. The van der Waals surface area contributed by atoms with E-state index < -0.39 is 0 Å². The highest BCUT2D eigenvalue weighted by Gasteiger charge is 2.16. The van der Waals surface area contributed by atoms with E-state index in [2.05, 4.69) is 53.7 Å². The Balaban J connectivity index is 2.36. The van der Waals surface area contributed by atoms with Crippen molar-refractivity contribution >= 4 is 0 Å². The molecule has 0 aliphatic heterocycles. The lowest BCUT2D eigenvalue weighted by atomic mass is 10.0. The fourth-order valence-electron chi connectivity index (χ4n) is 1.98. The van der Waals surface area contributed by atoms with Gasteiger partial charge >= 0.3 is 0 Å². The molecule has 0 fully saturated rings. The third-order valence-electron chi connectivity index (χ3n) is 2.94. The van der Waals surface area contributed by atoms with Gasteiger partial charge in [0.25, 0.3) is 0 Å². The summed E-state index contributed by atoms with van der Waals surface area (Å²) in [5.74, 6) is 0. The van der Waals surface area contributed by atoms with Gasteiger partial charge < -0.3 is 5.32 Å². The van der Waals surface area contributed by atoms with Crippen molar-refractivity contribution in [1.29, 1.82) is 0 Å². The quantitative estimate of drug-likeness (QED) is 0.872. The van der Waals surface area contributed by atoms with Gasteiger partial charge in [0.15, 0.2) is 0 Å². The molecule has 1 aromatic carbocycles. The third kappa shape index (κ3) is 2.36. The van der Waals surface area contributed by atoms with Crippen molar-refractivity contribution in [3.8, 4) is 0 Å². The second-order valence-electron chi connectivity index (χ2n) is 4.11. The molecule has 0 spiro atoms. The average molecular weight is 230 g/mol. The number of hydrogen-bond donors (Lipinski definition) is 1. The van der Waals surface area contributed by atoms with E-state index in [0.29, 0.717) is 0 Å². The lowest BCUT2D eigenvalue weighted by Gasteiger charge is -2.17. The zero-order chi connectivity index (χ0) is 12.3. The van der Waals surface area contributed by atoms with Crippen LogP contribution in [0.3, 0.4) is 0 Å². The van der Waals surface area contributed by atoms with Crippen LogP contribution in [0.4, 0.5) is 0 Å². The molecule has 17 heavy (non-hydrogen) atoms. The molecule has 0 saturated heterocycles. The minimum Gasteiger partial charge on any atom is -0.308 e. The van der Waals surface area contributed by atoms with E-state index in [1.165, 1.54) is 11.1 Å². The van der Waals surface area contributed by atoms with Crippen LogP contribution in [0.2, 0.25) is 0 Å². The van der Waals surface area contributed by atoms with E-state index >= 15 is 0 Å². The molecular formula is C13H18N4. The molecule has 2 aromatic rings. The van der Waals surface area contributed by atoms with E-state index in [0.717, 1.165) is 12.2 Å². The number of rotatable bonds is 4. The predicted octanol–water partition coefficient (Wildman–Crippen LogP) is 1.92. The molecule has 2 rings (SSSR count). The molecule has 1 N–H and O–H groups in total. The van der Waals surface area contributed by atoms with Crippen LogP contribution < -0.4 is 5.32 Å². The number of hydrogen-bond acceptors (Lipinski definition) is 3. The van der Waals surface area contributed by atoms with Gasteiger partial charge in [0, 0.05) is 6.54 Å². The van der Waals surface area contributed by atoms with Gasteiger partial charge in [0.1, 0.15) is 0 Å². The lowest BCUT2D eigenvalue weighted by molar-refractivity contribution is 0.552. The maximum absolute atomic E-state index is 4.07. The Hall–Kier alpha value is -1.68. The van der Waals surface area contributed by atoms with E-state index in [1.807, 2.05) is 17.9 Å². The van der Waals surface area contributed by atoms with E-state index in [9.17, 15) is 0 Å². The standard InChI is InChI=1S/C13H18N4/c1-4-17-12(9-15-16-17)13(14-3)11-7-5-10(2)6-8-11/h5-9,13-14H,4H2,1-3H3. The minimum absolute atomic E-state index is 0.144. The Morgan fingerprint density at radius 3 is 2.59 bits per heavy atom. The summed E-state index contributed by atoms with van der Waals surface area (Å²) < 4.78 is 1.92. The van der Waals surface area contributed by atoms with Crippen molar-refractivity contribution in [1.82, 2.24) is 20.3 Å². The van der Waals surface area contributed by atoms with E-state index in [1.54, 1.807) is 0 Å². The summed E-state index contributed by atoms with van der Waals surface area (Å²) in [4.78, 5) is 0. The number of benzene rings is 1. The molecular weight excluding hydrogens is 212 g/mol. The first-order chi connectivity index (χ1) is 8.26. The first-order valence-electron chi connectivity index (χ1n) is 5.88. The second kappa shape index (κ2) is 5.10. The lowest BCUT2D eigenvalue weighted by Crippen LogP contribution is -2.21. The number of nitrogens with one attached hydrogen (secondary N) is 1. The number of nitrogens with zero attached hydrogens (tertiary/aromatic N) is 3. The zero-order valence-corrected chi connectivity index (χ0v) is 10.5. The zero-order valence-electron chi connectivity index (χ0n) is 10.5. The van der Waals surface area contributed by atoms with Crippen LogP contribution in [0.15, 0.2) is 30.5 Å². The maximum atomic E-state index is 4.07. The Kier molecular flexibility index (Phi) is 3.54. The second-order valence-corrected chi connectivity index (χ2v) is 4.11. The summed E-state index contributed by atoms with van der Waals surface area (Å²) in [5, 5.41) is 11.4. The van der Waals surface area contributed by atoms with Crippen molar-refractivity contribution in [2.45, 2.75) is 26.4 Å². The van der Waals surface area contributed by atoms with Crippen LogP contribution in [0.1, 0.15) is 29.8 Å². The Morgan fingerprint density at radius 1 is 1.29 bits per heavy atom. The molecule has 1 unspecified atom stereocenters. The Morgan fingerprint density at radius 2 is 2.00 bits per heavy atom. The highest BCUT2D eigenvalue weighted by Crippen LogP contribution is 2.21. The van der Waals surface area contributed by atoms with Crippen molar-refractivity contribution < 1.29 is 0 Å². The highest BCUT2D eigenvalue weighted by atomic mass is 15.4. The topological polar surface area (TPSA) is 42.7 Å². The molecule has 0 saturated carbocycles. The summed E-state index contributed by atoms with van der Waals surface area (Å²) in [6, 6.07) is 8.68. The van der Waals surface area contributed by atoms with Crippen LogP contribution >= 0.6 is 0 Å². The summed E-state index contributed by atoms with van der Waals surface area (Å²) in [5.41, 5.74) is 3.60. The van der Waals surface area contributed by atoms with Gasteiger partial charge in [0.2, 0.25) is 0 Å². The maximum Gasteiger partial charge on any atom is 0.0801 e. The van der Waals surface area contributed by atoms with Crippen LogP contribution in [0.25, 0.3) is 0 Å². The molecule has 0 radical (unpaired) electrons. The van der Waals surface area contributed by atoms with Crippen LogP contribution in [0, 0.1) is 6.92 Å². The monoisotopic (exact) mass is 230 g/mol. The average Bonchev–Trinajstić information content (AvgIpc) is 2.81. The highest BCUT2D eigenvalue weighted by molar-refractivity contribution is 5.29. The molecule has 1 atom stereocenters. The van der Waals surface area contributed by atoms with E-state index in [4.69, 9.17) is 0 Å². The molecule has 0 aliphatic rings. The molecule has 1 heterocycles. The SMILES string of the molecule is CCn1nncc1C(NC)c1ccc(C)cc1. The molecule has 90 valence electrons. The molecule has 4 nitrogen and oxygen atoms in total.